The molecule has 3 aliphatic rings. The number of fused-ring (bicyclic) bond motifs is 3. The van der Waals surface area contributed by atoms with Crippen LogP contribution in [-0.4, -0.2) is 17.0 Å². The second kappa shape index (κ2) is 4.15. The maximum Gasteiger partial charge on any atom is 0.189 e. The first kappa shape index (κ1) is 12.1. The highest BCUT2D eigenvalue weighted by molar-refractivity contribution is 6.29. The van der Waals surface area contributed by atoms with E-state index in [1.165, 1.54) is 37.7 Å². The summed E-state index contributed by atoms with van der Waals surface area (Å²) < 4.78 is 0. The lowest BCUT2D eigenvalue weighted by Gasteiger charge is -2.30. The third kappa shape index (κ3) is 1.57. The molecule has 1 aliphatic heterocycles. The molecule has 102 valence electrons. The largest absolute Gasteiger partial charge is 0.289 e. The average Bonchev–Trinajstić information content (AvgIpc) is 2.85. The van der Waals surface area contributed by atoms with E-state index in [1.807, 2.05) is 25.1 Å². The fraction of sp³-hybridized carbons (Fsp3) is 0.444. The number of carbonyl (C=O) groups is 1. The van der Waals surface area contributed by atoms with Gasteiger partial charge < -0.3 is 0 Å². The third-order valence-corrected chi connectivity index (χ3v) is 5.14. The van der Waals surface area contributed by atoms with Crippen molar-refractivity contribution in [3.8, 4) is 0 Å². The first-order chi connectivity index (χ1) is 9.70. The highest BCUT2D eigenvalue weighted by atomic mass is 16.1. The topological polar surface area (TPSA) is 29.4 Å². The molecule has 1 spiro atoms. The van der Waals surface area contributed by atoms with E-state index in [0.717, 1.165) is 28.8 Å². The number of aliphatic imine (C=N–C) groups is 1. The molecule has 0 radical (unpaired) electrons. The van der Waals surface area contributed by atoms with Crippen LogP contribution in [0.25, 0.3) is 0 Å². The Kier molecular flexibility index (Phi) is 2.50. The van der Waals surface area contributed by atoms with Crippen molar-refractivity contribution in [2.24, 2.45) is 4.99 Å². The molecular formula is C18H19NO. The number of carbonyl (C=O) groups excluding carboxylic acids is 1. The van der Waals surface area contributed by atoms with E-state index in [9.17, 15) is 4.79 Å². The molecule has 4 rings (SSSR count). The molecule has 2 heteroatoms. The summed E-state index contributed by atoms with van der Waals surface area (Å²) in [5, 5.41) is 0. The normalized spacial score (nSPS) is 23.6. The summed E-state index contributed by atoms with van der Waals surface area (Å²) in [5.41, 5.74) is 5.24. The monoisotopic (exact) mass is 265 g/mol. The molecule has 0 bridgehead atoms. The third-order valence-electron chi connectivity index (χ3n) is 5.14. The van der Waals surface area contributed by atoms with Gasteiger partial charge >= 0.3 is 0 Å². The number of hydrogen-bond acceptors (Lipinski definition) is 2. The number of allylic oxidation sites excluding steroid dienone is 1. The highest BCUT2D eigenvalue weighted by Crippen LogP contribution is 2.45. The van der Waals surface area contributed by atoms with E-state index in [-0.39, 0.29) is 11.3 Å². The van der Waals surface area contributed by atoms with Gasteiger partial charge in [0.15, 0.2) is 5.78 Å². The SMILES string of the molecule is CC1=C2CC3(CCCCC3)N=C2c2ccccc2C1=O. The lowest BCUT2D eigenvalue weighted by atomic mass is 9.77. The first-order valence-electron chi connectivity index (χ1n) is 7.64. The van der Waals surface area contributed by atoms with Crippen molar-refractivity contribution in [3.63, 3.8) is 0 Å². The lowest BCUT2D eigenvalue weighted by molar-refractivity contribution is 0.103. The zero-order chi connectivity index (χ0) is 13.7. The molecular weight excluding hydrogens is 246 g/mol. The molecule has 0 atom stereocenters. The van der Waals surface area contributed by atoms with E-state index < -0.39 is 0 Å². The molecule has 2 nitrogen and oxygen atoms in total. The van der Waals surface area contributed by atoms with Gasteiger partial charge in [0.1, 0.15) is 0 Å². The second-order valence-corrected chi connectivity index (χ2v) is 6.40. The average molecular weight is 265 g/mol. The smallest absolute Gasteiger partial charge is 0.189 e. The van der Waals surface area contributed by atoms with E-state index >= 15 is 0 Å². The summed E-state index contributed by atoms with van der Waals surface area (Å²) in [7, 11) is 0. The van der Waals surface area contributed by atoms with Gasteiger partial charge in [-0.2, -0.15) is 0 Å². The molecule has 1 fully saturated rings. The van der Waals surface area contributed by atoms with Crippen LogP contribution < -0.4 is 0 Å². The summed E-state index contributed by atoms with van der Waals surface area (Å²) in [6.45, 7) is 1.98. The molecule has 1 heterocycles. The molecule has 2 aliphatic carbocycles. The second-order valence-electron chi connectivity index (χ2n) is 6.40. The fourth-order valence-electron chi connectivity index (χ4n) is 4.02. The van der Waals surface area contributed by atoms with Crippen LogP contribution in [0.15, 0.2) is 40.4 Å². The standard InChI is InChI=1S/C18H19NO/c1-12-15-11-18(9-5-2-6-10-18)19-16(15)13-7-3-4-8-14(13)17(12)20/h3-4,7-8H,2,5-6,9-11H2,1H3. The molecule has 0 unspecified atom stereocenters. The van der Waals surface area contributed by atoms with Crippen LogP contribution in [0.4, 0.5) is 0 Å². The van der Waals surface area contributed by atoms with Crippen molar-refractivity contribution < 1.29 is 4.79 Å². The van der Waals surface area contributed by atoms with Crippen molar-refractivity contribution in [1.82, 2.24) is 0 Å². The van der Waals surface area contributed by atoms with Crippen molar-refractivity contribution >= 4 is 11.5 Å². The van der Waals surface area contributed by atoms with Gasteiger partial charge in [0.2, 0.25) is 0 Å². The highest BCUT2D eigenvalue weighted by Gasteiger charge is 2.42. The zero-order valence-corrected chi connectivity index (χ0v) is 11.9. The van der Waals surface area contributed by atoms with Crippen LogP contribution in [-0.2, 0) is 0 Å². The zero-order valence-electron chi connectivity index (χ0n) is 11.9. The summed E-state index contributed by atoms with van der Waals surface area (Å²) in [6, 6.07) is 7.95. The van der Waals surface area contributed by atoms with Gasteiger partial charge in [-0.15, -0.1) is 0 Å². The number of Topliss-reactive ketones (excluding diaryl/α,β-unsaturated/α-hetero) is 1. The Balaban J connectivity index is 1.90. The molecule has 1 saturated carbocycles. The Bertz CT molecular complexity index is 660. The number of ketones is 1. The Morgan fingerprint density at radius 3 is 2.50 bits per heavy atom. The van der Waals surface area contributed by atoms with Crippen LogP contribution in [0.3, 0.4) is 0 Å². The molecule has 0 N–H and O–H groups in total. The minimum Gasteiger partial charge on any atom is -0.289 e. The maximum absolute atomic E-state index is 12.5. The van der Waals surface area contributed by atoms with Crippen LogP contribution >= 0.6 is 0 Å². The van der Waals surface area contributed by atoms with Gasteiger partial charge in [0.05, 0.1) is 11.3 Å². The summed E-state index contributed by atoms with van der Waals surface area (Å²) in [5.74, 6) is 0.197. The van der Waals surface area contributed by atoms with Crippen LogP contribution in [0.5, 0.6) is 0 Å². The van der Waals surface area contributed by atoms with Crippen LogP contribution in [0.1, 0.15) is 61.4 Å². The number of hydrogen-bond donors (Lipinski definition) is 0. The molecule has 20 heavy (non-hydrogen) atoms. The first-order valence-corrected chi connectivity index (χ1v) is 7.64. The summed E-state index contributed by atoms with van der Waals surface area (Å²) in [4.78, 5) is 17.7. The van der Waals surface area contributed by atoms with Crippen molar-refractivity contribution in [1.29, 1.82) is 0 Å². The van der Waals surface area contributed by atoms with Gasteiger partial charge in [0.25, 0.3) is 0 Å². The molecule has 0 amide bonds. The molecule has 1 aromatic carbocycles. The van der Waals surface area contributed by atoms with Crippen molar-refractivity contribution in [2.75, 3.05) is 0 Å². The maximum atomic E-state index is 12.5. The summed E-state index contributed by atoms with van der Waals surface area (Å²) in [6.07, 6.45) is 7.24. The molecule has 0 saturated heterocycles. The summed E-state index contributed by atoms with van der Waals surface area (Å²) >= 11 is 0. The van der Waals surface area contributed by atoms with Crippen molar-refractivity contribution in [3.05, 3.63) is 46.5 Å². The van der Waals surface area contributed by atoms with Gasteiger partial charge in [-0.25, -0.2) is 0 Å². The minimum absolute atomic E-state index is 0.0991. The van der Waals surface area contributed by atoms with Gasteiger partial charge in [0, 0.05) is 23.1 Å². The Hall–Kier alpha value is -1.70. The predicted molar refractivity (Wildman–Crippen MR) is 80.4 cm³/mol. The molecule has 0 aromatic heterocycles. The number of nitrogens with zero attached hydrogens (tertiary/aromatic N) is 1. The quantitative estimate of drug-likeness (QED) is 0.694. The van der Waals surface area contributed by atoms with E-state index in [1.54, 1.807) is 0 Å². The minimum atomic E-state index is 0.0991. The van der Waals surface area contributed by atoms with Crippen molar-refractivity contribution in [2.45, 2.75) is 51.0 Å². The molecule has 1 aromatic rings. The van der Waals surface area contributed by atoms with Gasteiger partial charge in [-0.3, -0.25) is 9.79 Å². The van der Waals surface area contributed by atoms with Crippen LogP contribution in [0.2, 0.25) is 0 Å². The van der Waals surface area contributed by atoms with E-state index in [4.69, 9.17) is 4.99 Å². The van der Waals surface area contributed by atoms with Gasteiger partial charge in [-0.1, -0.05) is 43.5 Å². The van der Waals surface area contributed by atoms with Crippen LogP contribution in [0, 0.1) is 0 Å². The number of benzene rings is 1. The van der Waals surface area contributed by atoms with E-state index in [2.05, 4.69) is 6.07 Å². The Morgan fingerprint density at radius 1 is 1.05 bits per heavy atom. The lowest BCUT2D eigenvalue weighted by Crippen LogP contribution is -2.26. The van der Waals surface area contributed by atoms with E-state index in [0.29, 0.717) is 0 Å². The fourth-order valence-corrected chi connectivity index (χ4v) is 4.02. The number of rotatable bonds is 0. The van der Waals surface area contributed by atoms with Gasteiger partial charge in [-0.05, 0) is 25.3 Å². The Morgan fingerprint density at radius 2 is 1.75 bits per heavy atom. The predicted octanol–water partition coefficient (Wildman–Crippen LogP) is 4.10. The Labute approximate surface area is 119 Å².